The Morgan fingerprint density at radius 3 is 1.10 bits per heavy atom. The molecule has 0 radical (unpaired) electrons. The maximum Gasteiger partial charge on any atom is 0.278 e. The minimum atomic E-state index is -1.83. The third kappa shape index (κ3) is 2.88. The van der Waals surface area contributed by atoms with Gasteiger partial charge in [0.1, 0.15) is 0 Å². The van der Waals surface area contributed by atoms with Gasteiger partial charge >= 0.3 is 0 Å². The second-order valence-electron chi connectivity index (χ2n) is 9.91. The first kappa shape index (κ1) is 18.9. The van der Waals surface area contributed by atoms with Gasteiger partial charge in [0.25, 0.3) is 8.40 Å². The van der Waals surface area contributed by atoms with Crippen molar-refractivity contribution >= 4 is 24.9 Å². The lowest BCUT2D eigenvalue weighted by molar-refractivity contribution is 0.570. The fourth-order valence-corrected chi connectivity index (χ4v) is 18.9. The summed E-state index contributed by atoms with van der Waals surface area (Å²) in [6, 6.07) is 0. The molecule has 124 valence electrons. The van der Waals surface area contributed by atoms with E-state index in [9.17, 15) is 0 Å². The lowest BCUT2D eigenvalue weighted by Crippen LogP contribution is -2.71. The fourth-order valence-electron chi connectivity index (χ4n) is 2.62. The Bertz CT molecular complexity index is 392. The molecule has 0 saturated heterocycles. The van der Waals surface area contributed by atoms with Crippen molar-refractivity contribution in [2.75, 3.05) is 0 Å². The Kier molecular flexibility index (Phi) is 4.43. The van der Waals surface area contributed by atoms with Crippen molar-refractivity contribution < 1.29 is 0 Å². The summed E-state index contributed by atoms with van der Waals surface area (Å²) >= 11 is 0. The molecule has 0 saturated carbocycles. The molecule has 21 heavy (non-hydrogen) atoms. The van der Waals surface area contributed by atoms with Gasteiger partial charge in [-0.15, -0.1) is 0 Å². The van der Waals surface area contributed by atoms with Crippen LogP contribution < -0.4 is 0 Å². The van der Waals surface area contributed by atoms with Crippen LogP contribution >= 0.6 is 0 Å². The smallest absolute Gasteiger partial charge is 0.278 e. The monoisotopic (exact) mass is 344 g/mol. The third-order valence-electron chi connectivity index (χ3n) is 5.99. The first-order valence-corrected chi connectivity index (χ1v) is 16.8. The highest BCUT2D eigenvalue weighted by atomic mass is 28.4. The number of hydrogen-bond donors (Lipinski definition) is 0. The van der Waals surface area contributed by atoms with E-state index in [1.165, 1.54) is 0 Å². The summed E-state index contributed by atoms with van der Waals surface area (Å²) in [5.41, 5.74) is 0. The van der Waals surface area contributed by atoms with Gasteiger partial charge in [-0.25, -0.2) is 0 Å². The molecule has 0 fully saturated rings. The van der Waals surface area contributed by atoms with Crippen molar-refractivity contribution in [3.8, 4) is 0 Å². The van der Waals surface area contributed by atoms with Gasteiger partial charge < -0.3 is 8.68 Å². The lowest BCUT2D eigenvalue weighted by Gasteiger charge is -2.52. The van der Waals surface area contributed by atoms with E-state index in [1.807, 2.05) is 0 Å². The van der Waals surface area contributed by atoms with Crippen molar-refractivity contribution in [3.05, 3.63) is 0 Å². The maximum absolute atomic E-state index is 4.73. The van der Waals surface area contributed by atoms with E-state index < -0.39 is 24.9 Å². The average molecular weight is 345 g/mol. The largest absolute Gasteiger partial charge is 0.310 e. The van der Waals surface area contributed by atoms with E-state index in [4.69, 9.17) is 10.4 Å². The third-order valence-corrected chi connectivity index (χ3v) is 24.5. The molecular formula is C14H36N4Si3. The highest BCUT2D eigenvalue weighted by Gasteiger charge is 2.58. The quantitative estimate of drug-likeness (QED) is 0.611. The molecule has 0 aliphatic carbocycles. The standard InChI is InChI=1S/C14H36N4Si3/c1-13(2,3)19(7,8)17-15-16-18(21(17,11)12)20(9,10)14(4,5)6/h1-12H3. The van der Waals surface area contributed by atoms with E-state index in [1.54, 1.807) is 0 Å². The topological polar surface area (TPSA) is 31.2 Å². The molecule has 7 heteroatoms. The van der Waals surface area contributed by atoms with Crippen molar-refractivity contribution in [2.24, 2.45) is 10.4 Å². The van der Waals surface area contributed by atoms with Crippen LogP contribution in [0, 0.1) is 0 Å². The molecule has 0 aromatic heterocycles. The number of rotatable bonds is 2. The predicted molar refractivity (Wildman–Crippen MR) is 100 cm³/mol. The zero-order chi connectivity index (χ0) is 17.1. The van der Waals surface area contributed by atoms with Gasteiger partial charge in [-0.1, -0.05) is 78.2 Å². The van der Waals surface area contributed by atoms with Crippen LogP contribution in [0.5, 0.6) is 0 Å². The Morgan fingerprint density at radius 2 is 0.905 bits per heavy atom. The Balaban J connectivity index is 3.25. The maximum atomic E-state index is 4.73. The molecule has 1 heterocycles. The van der Waals surface area contributed by atoms with Crippen molar-refractivity contribution in [3.63, 3.8) is 0 Å². The fraction of sp³-hybridized carbons (Fsp3) is 1.00. The van der Waals surface area contributed by atoms with E-state index in [0.717, 1.165) is 0 Å². The van der Waals surface area contributed by atoms with Crippen LogP contribution in [0.1, 0.15) is 41.5 Å². The molecule has 0 aromatic carbocycles. The predicted octanol–water partition coefficient (Wildman–Crippen LogP) is 5.60. The minimum absolute atomic E-state index is 0.291. The molecule has 0 spiro atoms. The van der Waals surface area contributed by atoms with E-state index in [0.29, 0.717) is 10.1 Å². The second kappa shape index (κ2) is 4.92. The zero-order valence-corrected chi connectivity index (χ0v) is 19.3. The molecule has 0 bridgehead atoms. The van der Waals surface area contributed by atoms with Crippen LogP contribution in [-0.4, -0.2) is 33.5 Å². The molecule has 1 aliphatic heterocycles. The van der Waals surface area contributed by atoms with Gasteiger partial charge in [-0.05, 0) is 23.2 Å². The minimum Gasteiger partial charge on any atom is -0.310 e. The van der Waals surface area contributed by atoms with Crippen molar-refractivity contribution in [1.29, 1.82) is 0 Å². The van der Waals surface area contributed by atoms with Crippen molar-refractivity contribution in [1.82, 2.24) is 8.68 Å². The van der Waals surface area contributed by atoms with Crippen LogP contribution in [-0.2, 0) is 0 Å². The molecule has 0 N–H and O–H groups in total. The van der Waals surface area contributed by atoms with Gasteiger partial charge in [-0.2, -0.15) is 0 Å². The summed E-state index contributed by atoms with van der Waals surface area (Å²) < 4.78 is 4.97. The summed E-state index contributed by atoms with van der Waals surface area (Å²) in [5, 5.41) is 10.0. The van der Waals surface area contributed by atoms with Crippen LogP contribution in [0.3, 0.4) is 0 Å². The first-order chi connectivity index (χ1) is 8.97. The lowest BCUT2D eigenvalue weighted by atomic mass is 10.2. The highest BCUT2D eigenvalue weighted by molar-refractivity contribution is 6.97. The van der Waals surface area contributed by atoms with Gasteiger partial charge in [0.05, 0.1) is 0 Å². The summed E-state index contributed by atoms with van der Waals surface area (Å²) in [7, 11) is -5.18. The van der Waals surface area contributed by atoms with Crippen LogP contribution in [0.4, 0.5) is 0 Å². The molecule has 1 aliphatic rings. The molecule has 0 unspecified atom stereocenters. The Morgan fingerprint density at radius 1 is 0.667 bits per heavy atom. The zero-order valence-electron chi connectivity index (χ0n) is 16.3. The SMILES string of the molecule is CC(C)(C)[Si](C)(C)N1N=NN([Si](C)(C)C(C)(C)C)[Si]1(C)C. The molecule has 0 aromatic rings. The molecular weight excluding hydrogens is 308 g/mol. The van der Waals surface area contributed by atoms with E-state index >= 15 is 0 Å². The summed E-state index contributed by atoms with van der Waals surface area (Å²) in [4.78, 5) is 0. The van der Waals surface area contributed by atoms with E-state index in [2.05, 4.69) is 89.5 Å². The molecule has 1 rings (SSSR count). The van der Waals surface area contributed by atoms with Gasteiger partial charge in [-0.3, -0.25) is 0 Å². The van der Waals surface area contributed by atoms with Gasteiger partial charge in [0.15, 0.2) is 16.5 Å². The van der Waals surface area contributed by atoms with Crippen molar-refractivity contribution in [2.45, 2.75) is 90.9 Å². The summed E-state index contributed by atoms with van der Waals surface area (Å²) in [6.45, 7) is 28.7. The summed E-state index contributed by atoms with van der Waals surface area (Å²) in [5.74, 6) is 0. The normalized spacial score (nSPS) is 20.4. The van der Waals surface area contributed by atoms with Gasteiger partial charge in [0.2, 0.25) is 0 Å². The molecule has 0 atom stereocenters. The average Bonchev–Trinajstić information content (AvgIpc) is 2.50. The molecule has 4 nitrogen and oxygen atoms in total. The Hall–Kier alpha value is -0.149. The second-order valence-corrected chi connectivity index (χ2v) is 24.7. The number of hydrogen-bond acceptors (Lipinski definition) is 4. The molecule has 0 amide bonds. The highest BCUT2D eigenvalue weighted by Crippen LogP contribution is 2.47. The van der Waals surface area contributed by atoms with E-state index in [-0.39, 0.29) is 0 Å². The van der Waals surface area contributed by atoms with Gasteiger partial charge in [0, 0.05) is 0 Å². The van der Waals surface area contributed by atoms with Crippen LogP contribution in [0.25, 0.3) is 0 Å². The van der Waals surface area contributed by atoms with Crippen LogP contribution in [0.2, 0.25) is 49.4 Å². The summed E-state index contributed by atoms with van der Waals surface area (Å²) in [6.07, 6.45) is 0. The van der Waals surface area contributed by atoms with Crippen LogP contribution in [0.15, 0.2) is 10.4 Å². The first-order valence-electron chi connectivity index (χ1n) is 7.99. The number of nitrogens with zero attached hydrogens (tertiary/aromatic N) is 4. The Labute approximate surface area is 135 Å².